The first-order chi connectivity index (χ1) is 7.07. The molecule has 1 rings (SSSR count). The highest BCUT2D eigenvalue weighted by Gasteiger charge is 2.21. The van der Waals surface area contributed by atoms with E-state index in [0.29, 0.717) is 0 Å². The summed E-state index contributed by atoms with van der Waals surface area (Å²) < 4.78 is 0. The molecule has 1 aromatic carbocycles. The van der Waals surface area contributed by atoms with Gasteiger partial charge in [-0.05, 0) is 11.6 Å². The minimum absolute atomic E-state index is 0.00849. The fourth-order valence-electron chi connectivity index (χ4n) is 1.26. The molecule has 2 unspecified atom stereocenters. The fourth-order valence-corrected chi connectivity index (χ4v) is 1.46. The average Bonchev–Trinajstić information content (AvgIpc) is 2.27. The molecule has 2 atom stereocenters. The Hall–Kier alpha value is -1.04. The van der Waals surface area contributed by atoms with Crippen molar-refractivity contribution in [3.05, 3.63) is 35.4 Å². The van der Waals surface area contributed by atoms with Crippen LogP contribution < -0.4 is 0 Å². The molecule has 0 heterocycles. The summed E-state index contributed by atoms with van der Waals surface area (Å²) in [6.45, 7) is 0. The van der Waals surface area contributed by atoms with E-state index in [9.17, 15) is 15.0 Å². The number of aliphatic hydroxyl groups is 2. The maximum Gasteiger partial charge on any atom is 0.336 e. The third-order valence-corrected chi connectivity index (χ3v) is 2.44. The minimum Gasteiger partial charge on any atom is -0.478 e. The van der Waals surface area contributed by atoms with E-state index in [1.54, 1.807) is 12.1 Å². The average molecular weight is 228 g/mol. The zero-order valence-electron chi connectivity index (χ0n) is 7.87. The molecule has 0 saturated carbocycles. The van der Waals surface area contributed by atoms with Gasteiger partial charge in [0.2, 0.25) is 0 Å². The summed E-state index contributed by atoms with van der Waals surface area (Å²) in [4.78, 5) is 10.8. The maximum atomic E-state index is 10.8. The molecule has 5 heteroatoms. The molecule has 0 saturated heterocycles. The summed E-state index contributed by atoms with van der Waals surface area (Å²) in [5, 5.41) is 27.9. The first-order valence-electron chi connectivity index (χ1n) is 4.37. The van der Waals surface area contributed by atoms with Crippen LogP contribution in [-0.4, -0.2) is 33.1 Å². The topological polar surface area (TPSA) is 77.8 Å². The monoisotopic (exact) mass is 228 g/mol. The molecule has 0 aliphatic carbocycles. The van der Waals surface area contributed by atoms with Crippen LogP contribution in [0.2, 0.25) is 0 Å². The standard InChI is InChI=1S/C10H12O4S/c11-8(5-15)9(12)6-3-1-2-4-7(6)10(13)14/h1-4,8-9,11-12,15H,5H2,(H,13,14). The van der Waals surface area contributed by atoms with E-state index < -0.39 is 18.2 Å². The third-order valence-electron chi connectivity index (χ3n) is 2.06. The number of thiol groups is 1. The molecule has 0 aliphatic heterocycles. The fraction of sp³-hybridized carbons (Fsp3) is 0.300. The van der Waals surface area contributed by atoms with Crippen molar-refractivity contribution in [2.75, 3.05) is 5.75 Å². The molecule has 3 N–H and O–H groups in total. The van der Waals surface area contributed by atoms with Crippen molar-refractivity contribution < 1.29 is 20.1 Å². The van der Waals surface area contributed by atoms with Gasteiger partial charge >= 0.3 is 5.97 Å². The SMILES string of the molecule is O=C(O)c1ccccc1C(O)C(O)CS. The van der Waals surface area contributed by atoms with Gasteiger partial charge in [0.05, 0.1) is 11.7 Å². The lowest BCUT2D eigenvalue weighted by Crippen LogP contribution is -2.21. The summed E-state index contributed by atoms with van der Waals surface area (Å²) in [5.74, 6) is -1.06. The van der Waals surface area contributed by atoms with Crippen LogP contribution in [0.15, 0.2) is 24.3 Å². The number of rotatable bonds is 4. The number of aromatic carboxylic acids is 1. The number of benzene rings is 1. The molecule has 1 aromatic rings. The van der Waals surface area contributed by atoms with Gasteiger partial charge in [0, 0.05) is 5.75 Å². The first kappa shape index (κ1) is 12.0. The molecule has 0 spiro atoms. The molecule has 0 bridgehead atoms. The van der Waals surface area contributed by atoms with Crippen LogP contribution in [0.25, 0.3) is 0 Å². The van der Waals surface area contributed by atoms with Gasteiger partial charge in [0.25, 0.3) is 0 Å². The van der Waals surface area contributed by atoms with E-state index in [0.717, 1.165) is 0 Å². The Morgan fingerprint density at radius 3 is 2.47 bits per heavy atom. The predicted molar refractivity (Wildman–Crippen MR) is 58.2 cm³/mol. The van der Waals surface area contributed by atoms with Crippen LogP contribution in [0, 0.1) is 0 Å². The van der Waals surface area contributed by atoms with Crippen molar-refractivity contribution in [3.8, 4) is 0 Å². The molecule has 0 radical (unpaired) electrons. The Morgan fingerprint density at radius 1 is 1.33 bits per heavy atom. The molecule has 0 fully saturated rings. The Labute approximate surface area is 92.6 Å². The van der Waals surface area contributed by atoms with Gasteiger partial charge in [-0.3, -0.25) is 0 Å². The van der Waals surface area contributed by atoms with Gasteiger partial charge in [-0.15, -0.1) is 0 Å². The Balaban J connectivity index is 3.07. The third kappa shape index (κ3) is 2.71. The Kier molecular flexibility index (Phi) is 4.14. The maximum absolute atomic E-state index is 10.8. The number of hydrogen-bond donors (Lipinski definition) is 4. The van der Waals surface area contributed by atoms with Gasteiger partial charge in [-0.2, -0.15) is 12.6 Å². The van der Waals surface area contributed by atoms with Crippen molar-refractivity contribution in [2.45, 2.75) is 12.2 Å². The lowest BCUT2D eigenvalue weighted by molar-refractivity contribution is 0.0323. The molecule has 4 nitrogen and oxygen atoms in total. The molecule has 0 aliphatic rings. The smallest absolute Gasteiger partial charge is 0.336 e. The second kappa shape index (κ2) is 5.16. The summed E-state index contributed by atoms with van der Waals surface area (Å²) in [7, 11) is 0. The number of carboxylic acid groups (broad SMARTS) is 1. The minimum atomic E-state index is -1.23. The molecule has 15 heavy (non-hydrogen) atoms. The van der Waals surface area contributed by atoms with E-state index >= 15 is 0 Å². The van der Waals surface area contributed by atoms with Gasteiger partial charge in [-0.25, -0.2) is 4.79 Å². The quantitative estimate of drug-likeness (QED) is 0.572. The van der Waals surface area contributed by atoms with Crippen LogP contribution in [0.3, 0.4) is 0 Å². The Bertz CT molecular complexity index is 353. The van der Waals surface area contributed by atoms with Gasteiger partial charge in [0.15, 0.2) is 0 Å². The lowest BCUT2D eigenvalue weighted by Gasteiger charge is -2.17. The highest BCUT2D eigenvalue weighted by molar-refractivity contribution is 7.80. The zero-order valence-corrected chi connectivity index (χ0v) is 8.76. The second-order valence-corrected chi connectivity index (χ2v) is 3.45. The van der Waals surface area contributed by atoms with Crippen LogP contribution in [0.5, 0.6) is 0 Å². The molecule has 0 amide bonds. The zero-order chi connectivity index (χ0) is 11.4. The molecular formula is C10H12O4S. The predicted octanol–water partition coefficient (Wildman–Crippen LogP) is 0.709. The van der Waals surface area contributed by atoms with E-state index in [1.807, 2.05) is 0 Å². The summed E-state index contributed by atoms with van der Waals surface area (Å²) >= 11 is 3.83. The summed E-state index contributed by atoms with van der Waals surface area (Å²) in [6, 6.07) is 6.02. The van der Waals surface area contributed by atoms with Gasteiger partial charge < -0.3 is 15.3 Å². The van der Waals surface area contributed by atoms with Gasteiger partial charge in [-0.1, -0.05) is 18.2 Å². The van der Waals surface area contributed by atoms with Crippen LogP contribution in [0.1, 0.15) is 22.0 Å². The summed E-state index contributed by atoms with van der Waals surface area (Å²) in [5.41, 5.74) is 0.192. The number of carboxylic acids is 1. The number of carbonyl (C=O) groups is 1. The number of hydrogen-bond acceptors (Lipinski definition) is 4. The normalized spacial score (nSPS) is 14.6. The van der Waals surface area contributed by atoms with Crippen molar-refractivity contribution in [3.63, 3.8) is 0 Å². The van der Waals surface area contributed by atoms with E-state index in [-0.39, 0.29) is 16.9 Å². The van der Waals surface area contributed by atoms with Crippen LogP contribution in [-0.2, 0) is 0 Å². The van der Waals surface area contributed by atoms with Crippen LogP contribution >= 0.6 is 12.6 Å². The van der Waals surface area contributed by atoms with Gasteiger partial charge in [0.1, 0.15) is 6.10 Å². The highest BCUT2D eigenvalue weighted by atomic mass is 32.1. The largest absolute Gasteiger partial charge is 0.478 e. The second-order valence-electron chi connectivity index (χ2n) is 3.09. The lowest BCUT2D eigenvalue weighted by atomic mass is 9.99. The highest BCUT2D eigenvalue weighted by Crippen LogP contribution is 2.21. The van der Waals surface area contributed by atoms with Crippen molar-refractivity contribution in [2.24, 2.45) is 0 Å². The van der Waals surface area contributed by atoms with E-state index in [4.69, 9.17) is 5.11 Å². The van der Waals surface area contributed by atoms with Crippen molar-refractivity contribution >= 4 is 18.6 Å². The van der Waals surface area contributed by atoms with E-state index in [1.165, 1.54) is 12.1 Å². The van der Waals surface area contributed by atoms with Crippen molar-refractivity contribution in [1.82, 2.24) is 0 Å². The van der Waals surface area contributed by atoms with E-state index in [2.05, 4.69) is 12.6 Å². The van der Waals surface area contributed by atoms with Crippen LogP contribution in [0.4, 0.5) is 0 Å². The Morgan fingerprint density at radius 2 is 1.93 bits per heavy atom. The molecule has 82 valence electrons. The summed E-state index contributed by atoms with van der Waals surface area (Å²) in [6.07, 6.45) is -2.30. The van der Waals surface area contributed by atoms with Crippen molar-refractivity contribution in [1.29, 1.82) is 0 Å². The molecular weight excluding hydrogens is 216 g/mol. The molecule has 0 aromatic heterocycles. The first-order valence-corrected chi connectivity index (χ1v) is 5.00. The number of aliphatic hydroxyl groups excluding tert-OH is 2.